The van der Waals surface area contributed by atoms with Crippen LogP contribution in [0.25, 0.3) is 0 Å². The molecule has 8 heteroatoms. The molecule has 0 aliphatic carbocycles. The van der Waals surface area contributed by atoms with Gasteiger partial charge in [0.2, 0.25) is 0 Å². The first kappa shape index (κ1) is 27.1. The van der Waals surface area contributed by atoms with Crippen LogP contribution in [-0.2, 0) is 20.8 Å². The number of hydrogen-bond acceptors (Lipinski definition) is 6. The lowest BCUT2D eigenvalue weighted by Gasteiger charge is -2.22. The minimum absolute atomic E-state index is 0.110. The van der Waals surface area contributed by atoms with E-state index in [1.54, 1.807) is 30.5 Å². The number of ether oxygens (including phenoxy) is 3. The third-order valence-electron chi connectivity index (χ3n) is 5.54. The van der Waals surface area contributed by atoms with Gasteiger partial charge < -0.3 is 23.7 Å². The van der Waals surface area contributed by atoms with Crippen molar-refractivity contribution in [2.75, 3.05) is 39.5 Å². The van der Waals surface area contributed by atoms with Crippen LogP contribution >= 0.6 is 0 Å². The molecule has 34 heavy (non-hydrogen) atoms. The van der Waals surface area contributed by atoms with Crippen LogP contribution in [0.3, 0.4) is 0 Å². The van der Waals surface area contributed by atoms with Crippen molar-refractivity contribution >= 4 is 17.7 Å². The minimum Gasteiger partial charge on any atom is -0.484 e. The predicted molar refractivity (Wildman–Crippen MR) is 129 cm³/mol. The zero-order valence-electron chi connectivity index (χ0n) is 20.9. The van der Waals surface area contributed by atoms with Gasteiger partial charge >= 0.3 is 5.97 Å². The number of para-hydroxylation sites is 1. The van der Waals surface area contributed by atoms with E-state index in [1.165, 1.54) is 4.90 Å². The molecule has 1 heterocycles. The van der Waals surface area contributed by atoms with Crippen LogP contribution in [0.2, 0.25) is 0 Å². The maximum absolute atomic E-state index is 13.4. The van der Waals surface area contributed by atoms with Crippen LogP contribution in [0, 0.1) is 13.8 Å². The highest BCUT2D eigenvalue weighted by Gasteiger charge is 2.28. The van der Waals surface area contributed by atoms with Gasteiger partial charge in [0.05, 0.1) is 13.2 Å². The Morgan fingerprint density at radius 3 is 2.32 bits per heavy atom. The zero-order valence-corrected chi connectivity index (χ0v) is 20.9. The van der Waals surface area contributed by atoms with Crippen molar-refractivity contribution in [1.82, 2.24) is 9.47 Å². The summed E-state index contributed by atoms with van der Waals surface area (Å²) >= 11 is 0. The summed E-state index contributed by atoms with van der Waals surface area (Å²) in [5.41, 5.74) is 2.10. The molecule has 0 atom stereocenters. The minimum atomic E-state index is -0.454. The van der Waals surface area contributed by atoms with E-state index in [1.807, 2.05) is 39.0 Å². The number of nitrogens with zero attached hydrogens (tertiary/aromatic N) is 2. The van der Waals surface area contributed by atoms with Crippen LogP contribution < -0.4 is 4.74 Å². The second-order valence-corrected chi connectivity index (χ2v) is 7.79. The third kappa shape index (κ3) is 6.93. The Morgan fingerprint density at radius 1 is 1.00 bits per heavy atom. The van der Waals surface area contributed by atoms with E-state index >= 15 is 0 Å². The van der Waals surface area contributed by atoms with Crippen molar-refractivity contribution in [2.45, 2.75) is 47.6 Å². The molecule has 1 amide bonds. The van der Waals surface area contributed by atoms with E-state index in [9.17, 15) is 14.4 Å². The van der Waals surface area contributed by atoms with Gasteiger partial charge in [-0.3, -0.25) is 9.59 Å². The molecule has 0 saturated heterocycles. The molecule has 0 aliphatic rings. The number of rotatable bonds is 14. The normalized spacial score (nSPS) is 10.7. The van der Waals surface area contributed by atoms with E-state index < -0.39 is 5.97 Å². The first-order valence-corrected chi connectivity index (χ1v) is 11.8. The van der Waals surface area contributed by atoms with Crippen molar-refractivity contribution < 1.29 is 28.6 Å². The Balaban J connectivity index is 2.23. The SMILES string of the molecule is CCOCCCN(CC(=O)c1c(C)c(C(=O)OCC)n(CC)c1C)C(=O)COc1ccccc1. The molecule has 186 valence electrons. The Morgan fingerprint density at radius 2 is 1.71 bits per heavy atom. The summed E-state index contributed by atoms with van der Waals surface area (Å²) in [6, 6.07) is 9.07. The fraction of sp³-hybridized carbons (Fsp3) is 0.500. The van der Waals surface area contributed by atoms with Crippen LogP contribution in [0.15, 0.2) is 30.3 Å². The van der Waals surface area contributed by atoms with Gasteiger partial charge in [-0.15, -0.1) is 0 Å². The molecule has 0 spiro atoms. The van der Waals surface area contributed by atoms with Crippen molar-refractivity contribution in [2.24, 2.45) is 0 Å². The van der Waals surface area contributed by atoms with Gasteiger partial charge in [-0.1, -0.05) is 18.2 Å². The highest BCUT2D eigenvalue weighted by atomic mass is 16.5. The summed E-state index contributed by atoms with van der Waals surface area (Å²) in [4.78, 5) is 40.4. The molecule has 1 aromatic carbocycles. The van der Waals surface area contributed by atoms with E-state index in [0.717, 1.165) is 0 Å². The highest BCUT2D eigenvalue weighted by Crippen LogP contribution is 2.24. The number of amides is 1. The molecule has 0 fully saturated rings. The van der Waals surface area contributed by atoms with Gasteiger partial charge in [-0.25, -0.2) is 4.79 Å². The maximum Gasteiger partial charge on any atom is 0.355 e. The van der Waals surface area contributed by atoms with E-state index in [4.69, 9.17) is 14.2 Å². The zero-order chi connectivity index (χ0) is 25.1. The summed E-state index contributed by atoms with van der Waals surface area (Å²) in [7, 11) is 0. The average Bonchev–Trinajstić information content (AvgIpc) is 3.09. The number of carbonyl (C=O) groups is 3. The smallest absolute Gasteiger partial charge is 0.355 e. The van der Waals surface area contributed by atoms with Gasteiger partial charge in [0, 0.05) is 37.6 Å². The number of esters is 1. The second kappa shape index (κ2) is 13.5. The standard InChI is InChI=1S/C26H36N2O6/c1-6-28-20(5)24(19(4)25(28)26(31)33-8-3)22(29)17-27(15-12-16-32-7-2)23(30)18-34-21-13-10-9-11-14-21/h9-11,13-14H,6-8,12,15-18H2,1-5H3. The molecular formula is C26H36N2O6. The van der Waals surface area contributed by atoms with Crippen molar-refractivity contribution in [3.63, 3.8) is 0 Å². The third-order valence-corrected chi connectivity index (χ3v) is 5.54. The summed E-state index contributed by atoms with van der Waals surface area (Å²) in [6.45, 7) is 11.1. The quantitative estimate of drug-likeness (QED) is 0.236. The van der Waals surface area contributed by atoms with Crippen molar-refractivity contribution in [1.29, 1.82) is 0 Å². The van der Waals surface area contributed by atoms with Crippen LogP contribution in [0.1, 0.15) is 59.3 Å². The van der Waals surface area contributed by atoms with Crippen molar-refractivity contribution in [3.8, 4) is 5.75 Å². The molecule has 0 unspecified atom stereocenters. The van der Waals surface area contributed by atoms with Crippen LogP contribution in [0.4, 0.5) is 0 Å². The topological polar surface area (TPSA) is 87.1 Å². The van der Waals surface area contributed by atoms with Gasteiger partial charge in [0.25, 0.3) is 5.91 Å². The largest absolute Gasteiger partial charge is 0.484 e. The number of aromatic nitrogens is 1. The van der Waals surface area contributed by atoms with E-state index in [2.05, 4.69) is 0 Å². The molecule has 0 aliphatic heterocycles. The van der Waals surface area contributed by atoms with Gasteiger partial charge in [-0.2, -0.15) is 0 Å². The monoisotopic (exact) mass is 472 g/mol. The molecule has 1 aromatic heterocycles. The lowest BCUT2D eigenvalue weighted by atomic mass is 10.0. The first-order chi connectivity index (χ1) is 16.3. The van der Waals surface area contributed by atoms with Gasteiger partial charge in [0.1, 0.15) is 11.4 Å². The fourth-order valence-corrected chi connectivity index (χ4v) is 3.96. The number of benzene rings is 1. The van der Waals surface area contributed by atoms with Gasteiger partial charge in [-0.05, 0) is 58.7 Å². The van der Waals surface area contributed by atoms with Crippen molar-refractivity contribution in [3.05, 3.63) is 52.8 Å². The summed E-state index contributed by atoms with van der Waals surface area (Å²) < 4.78 is 18.0. The number of Topliss-reactive ketones (excluding diaryl/α,β-unsaturated/α-hetero) is 1. The van der Waals surface area contributed by atoms with E-state index in [-0.39, 0.29) is 31.4 Å². The highest BCUT2D eigenvalue weighted by molar-refractivity contribution is 6.04. The van der Waals surface area contributed by atoms with Crippen LogP contribution in [0.5, 0.6) is 5.75 Å². The molecule has 2 rings (SSSR count). The molecule has 0 bridgehead atoms. The second-order valence-electron chi connectivity index (χ2n) is 7.79. The lowest BCUT2D eigenvalue weighted by Crippen LogP contribution is -2.40. The maximum atomic E-state index is 13.4. The predicted octanol–water partition coefficient (Wildman–Crippen LogP) is 3.82. The Labute approximate surface area is 201 Å². The Hall–Kier alpha value is -3.13. The summed E-state index contributed by atoms with van der Waals surface area (Å²) in [6.07, 6.45) is 0.597. The van der Waals surface area contributed by atoms with Gasteiger partial charge in [0.15, 0.2) is 12.4 Å². The van der Waals surface area contributed by atoms with Crippen LogP contribution in [-0.4, -0.2) is 66.6 Å². The fourth-order valence-electron chi connectivity index (χ4n) is 3.96. The number of carbonyl (C=O) groups excluding carboxylic acids is 3. The molecular weight excluding hydrogens is 436 g/mol. The van der Waals surface area contributed by atoms with E-state index in [0.29, 0.717) is 61.0 Å². The average molecular weight is 473 g/mol. The molecule has 0 N–H and O–H groups in total. The Bertz CT molecular complexity index is 967. The lowest BCUT2D eigenvalue weighted by molar-refractivity contribution is -0.133. The Kier molecular flexibility index (Phi) is 10.8. The summed E-state index contributed by atoms with van der Waals surface area (Å²) in [5, 5.41) is 0. The summed E-state index contributed by atoms with van der Waals surface area (Å²) in [5.74, 6) is -0.381. The number of hydrogen-bond donors (Lipinski definition) is 0. The molecule has 0 radical (unpaired) electrons. The molecule has 0 saturated carbocycles. The molecule has 8 nitrogen and oxygen atoms in total. The molecule has 2 aromatic rings. The first-order valence-electron chi connectivity index (χ1n) is 11.8. The number of ketones is 1.